The normalized spacial score (nSPS) is 23.2. The van der Waals surface area contributed by atoms with Gasteiger partial charge in [-0.25, -0.2) is 0 Å². The summed E-state index contributed by atoms with van der Waals surface area (Å²) in [6, 6.07) is 7.67. The van der Waals surface area contributed by atoms with Crippen molar-refractivity contribution < 1.29 is 19.0 Å². The quantitative estimate of drug-likeness (QED) is 0.760. The van der Waals surface area contributed by atoms with E-state index >= 15 is 0 Å². The Hall–Kier alpha value is -1.79. The molecule has 3 rings (SSSR count). The Morgan fingerprint density at radius 3 is 2.62 bits per heavy atom. The van der Waals surface area contributed by atoms with Crippen molar-refractivity contribution in [2.24, 2.45) is 0 Å². The summed E-state index contributed by atoms with van der Waals surface area (Å²) in [7, 11) is 0. The molecule has 0 aromatic heterocycles. The van der Waals surface area contributed by atoms with Crippen LogP contribution in [0.3, 0.4) is 0 Å². The van der Waals surface area contributed by atoms with Crippen LogP contribution < -0.4 is 15.4 Å². The molecule has 2 aliphatic heterocycles. The molecule has 0 bridgehead atoms. The van der Waals surface area contributed by atoms with Gasteiger partial charge in [0, 0.05) is 19.8 Å². The highest BCUT2D eigenvalue weighted by Gasteiger charge is 2.18. The number of carbonyl (C=O) groups is 1. The van der Waals surface area contributed by atoms with Gasteiger partial charge in [-0.3, -0.25) is 4.79 Å². The summed E-state index contributed by atoms with van der Waals surface area (Å²) in [5, 5.41) is 6.05. The second kappa shape index (κ2) is 8.89. The van der Waals surface area contributed by atoms with E-state index in [1.54, 1.807) is 0 Å². The molecule has 2 saturated heterocycles. The maximum Gasteiger partial charge on any atom is 0.239 e. The van der Waals surface area contributed by atoms with Crippen molar-refractivity contribution >= 4 is 11.6 Å². The van der Waals surface area contributed by atoms with E-state index in [9.17, 15) is 4.79 Å². The molecule has 0 aliphatic carbocycles. The number of hydrogen-bond donors (Lipinski definition) is 2. The van der Waals surface area contributed by atoms with Crippen LogP contribution in [0.5, 0.6) is 5.75 Å². The first-order chi connectivity index (χ1) is 11.8. The first-order valence-electron chi connectivity index (χ1n) is 8.77. The van der Waals surface area contributed by atoms with Crippen LogP contribution in [0.15, 0.2) is 24.3 Å². The molecule has 0 spiro atoms. The molecule has 1 amide bonds. The number of hydrogen-bond acceptors (Lipinski definition) is 5. The van der Waals surface area contributed by atoms with Gasteiger partial charge in [0.15, 0.2) is 0 Å². The largest absolute Gasteiger partial charge is 0.489 e. The van der Waals surface area contributed by atoms with E-state index in [-0.39, 0.29) is 24.7 Å². The van der Waals surface area contributed by atoms with Gasteiger partial charge in [0.25, 0.3) is 0 Å². The molecule has 0 radical (unpaired) electrons. The van der Waals surface area contributed by atoms with Gasteiger partial charge >= 0.3 is 0 Å². The minimum atomic E-state index is -0.0422. The van der Waals surface area contributed by atoms with E-state index in [0.717, 1.165) is 50.3 Å². The third-order valence-electron chi connectivity index (χ3n) is 4.33. The fraction of sp³-hybridized carbons (Fsp3) is 0.611. The number of carbonyl (C=O) groups excluding carboxylic acids is 1. The average molecular weight is 334 g/mol. The molecule has 132 valence electrons. The lowest BCUT2D eigenvalue weighted by Crippen LogP contribution is -2.35. The summed E-state index contributed by atoms with van der Waals surface area (Å²) in [5.41, 5.74) is 0.822. The van der Waals surface area contributed by atoms with E-state index < -0.39 is 0 Å². The lowest BCUT2D eigenvalue weighted by molar-refractivity contribution is -0.119. The van der Waals surface area contributed by atoms with Crippen LogP contribution in [0.2, 0.25) is 0 Å². The third kappa shape index (κ3) is 5.11. The summed E-state index contributed by atoms with van der Waals surface area (Å²) < 4.78 is 16.9. The Balaban J connectivity index is 1.42. The summed E-state index contributed by atoms with van der Waals surface area (Å²) in [6.45, 7) is 2.96. The molecule has 6 nitrogen and oxygen atoms in total. The van der Waals surface area contributed by atoms with Crippen LogP contribution in [0.25, 0.3) is 0 Å². The van der Waals surface area contributed by atoms with Gasteiger partial charge < -0.3 is 24.8 Å². The van der Waals surface area contributed by atoms with Crippen molar-refractivity contribution in [3.05, 3.63) is 24.3 Å². The standard InChI is InChI=1S/C18H26N2O4/c21-18(20-11-14-5-3-9-22-14)12-19-16-7-1-2-8-17(16)24-13-15-6-4-10-23-15/h1-2,7-8,14-15,19H,3-6,9-13H2,(H,20,21). The van der Waals surface area contributed by atoms with Crippen LogP contribution in [0.4, 0.5) is 5.69 Å². The summed E-state index contributed by atoms with van der Waals surface area (Å²) in [6.07, 6.45) is 4.57. The fourth-order valence-corrected chi connectivity index (χ4v) is 2.97. The molecule has 2 fully saturated rings. The SMILES string of the molecule is O=C(CNc1ccccc1OCC1CCCO1)NCC1CCCO1. The smallest absolute Gasteiger partial charge is 0.239 e. The molecular formula is C18H26N2O4. The molecule has 2 N–H and O–H groups in total. The van der Waals surface area contributed by atoms with Crippen LogP contribution in [-0.2, 0) is 14.3 Å². The predicted octanol–water partition coefficient (Wildman–Crippen LogP) is 1.95. The van der Waals surface area contributed by atoms with Crippen LogP contribution in [-0.4, -0.2) is 51.0 Å². The van der Waals surface area contributed by atoms with Gasteiger partial charge in [-0.1, -0.05) is 12.1 Å². The van der Waals surface area contributed by atoms with Gasteiger partial charge in [-0.2, -0.15) is 0 Å². The highest BCUT2D eigenvalue weighted by atomic mass is 16.5. The van der Waals surface area contributed by atoms with E-state index in [2.05, 4.69) is 10.6 Å². The number of ether oxygens (including phenoxy) is 3. The lowest BCUT2D eigenvalue weighted by Gasteiger charge is -2.16. The van der Waals surface area contributed by atoms with Crippen LogP contribution >= 0.6 is 0 Å². The zero-order valence-electron chi connectivity index (χ0n) is 14.0. The maximum absolute atomic E-state index is 12.0. The fourth-order valence-electron chi connectivity index (χ4n) is 2.97. The Morgan fingerprint density at radius 1 is 1.12 bits per heavy atom. The van der Waals surface area contributed by atoms with Crippen molar-refractivity contribution in [2.75, 3.05) is 38.2 Å². The van der Waals surface area contributed by atoms with Crippen molar-refractivity contribution in [3.63, 3.8) is 0 Å². The van der Waals surface area contributed by atoms with Gasteiger partial charge in [0.05, 0.1) is 24.4 Å². The lowest BCUT2D eigenvalue weighted by atomic mass is 10.2. The average Bonchev–Trinajstić information content (AvgIpc) is 3.30. The number of rotatable bonds is 8. The van der Waals surface area contributed by atoms with Gasteiger partial charge in [0.1, 0.15) is 12.4 Å². The third-order valence-corrected chi connectivity index (χ3v) is 4.33. The van der Waals surface area contributed by atoms with Crippen molar-refractivity contribution in [1.82, 2.24) is 5.32 Å². The second-order valence-corrected chi connectivity index (χ2v) is 6.23. The summed E-state index contributed by atoms with van der Waals surface area (Å²) >= 11 is 0. The minimum Gasteiger partial charge on any atom is -0.489 e. The first-order valence-corrected chi connectivity index (χ1v) is 8.77. The number of anilines is 1. The topological polar surface area (TPSA) is 68.8 Å². The Bertz CT molecular complexity index is 526. The Labute approximate surface area is 142 Å². The van der Waals surface area contributed by atoms with E-state index in [1.807, 2.05) is 24.3 Å². The molecule has 2 aliphatic rings. The monoisotopic (exact) mass is 334 g/mol. The molecular weight excluding hydrogens is 308 g/mol. The number of amides is 1. The molecule has 2 unspecified atom stereocenters. The van der Waals surface area contributed by atoms with Crippen LogP contribution in [0.1, 0.15) is 25.7 Å². The van der Waals surface area contributed by atoms with Gasteiger partial charge in [-0.05, 0) is 37.8 Å². The van der Waals surface area contributed by atoms with Crippen molar-refractivity contribution in [1.29, 1.82) is 0 Å². The van der Waals surface area contributed by atoms with Crippen molar-refractivity contribution in [3.8, 4) is 5.75 Å². The molecule has 1 aromatic rings. The Morgan fingerprint density at radius 2 is 1.88 bits per heavy atom. The van der Waals surface area contributed by atoms with Crippen molar-refractivity contribution in [2.45, 2.75) is 37.9 Å². The molecule has 0 saturated carbocycles. The van der Waals surface area contributed by atoms with E-state index in [1.165, 1.54) is 0 Å². The maximum atomic E-state index is 12.0. The predicted molar refractivity (Wildman–Crippen MR) is 91.4 cm³/mol. The van der Waals surface area contributed by atoms with Gasteiger partial charge in [-0.15, -0.1) is 0 Å². The molecule has 2 atom stereocenters. The highest BCUT2D eigenvalue weighted by molar-refractivity contribution is 5.81. The molecule has 24 heavy (non-hydrogen) atoms. The van der Waals surface area contributed by atoms with Crippen LogP contribution in [0, 0.1) is 0 Å². The number of para-hydroxylation sites is 2. The molecule has 1 aromatic carbocycles. The Kier molecular flexibility index (Phi) is 6.32. The molecule has 6 heteroatoms. The second-order valence-electron chi connectivity index (χ2n) is 6.23. The first kappa shape index (κ1) is 17.0. The van der Waals surface area contributed by atoms with E-state index in [4.69, 9.17) is 14.2 Å². The molecule has 2 heterocycles. The number of benzene rings is 1. The minimum absolute atomic E-state index is 0.0422. The van der Waals surface area contributed by atoms with E-state index in [0.29, 0.717) is 13.2 Å². The van der Waals surface area contributed by atoms with Gasteiger partial charge in [0.2, 0.25) is 5.91 Å². The number of nitrogens with one attached hydrogen (secondary N) is 2. The summed E-state index contributed by atoms with van der Waals surface area (Å²) in [4.78, 5) is 12.0. The summed E-state index contributed by atoms with van der Waals surface area (Å²) in [5.74, 6) is 0.708. The zero-order chi connectivity index (χ0) is 16.6. The zero-order valence-corrected chi connectivity index (χ0v) is 14.0. The highest BCUT2D eigenvalue weighted by Crippen LogP contribution is 2.24.